The zero-order chi connectivity index (χ0) is 17.7. The molecule has 0 N–H and O–H groups in total. The van der Waals surface area contributed by atoms with Gasteiger partial charge in [-0.2, -0.15) is 4.31 Å². The number of nitrogens with zero attached hydrogens (tertiary/aromatic N) is 2. The molecular weight excluding hydrogens is 328 g/mol. The van der Waals surface area contributed by atoms with Crippen molar-refractivity contribution in [1.29, 1.82) is 0 Å². The Labute approximate surface area is 142 Å². The Balaban J connectivity index is 2.42. The maximum atomic E-state index is 13.0. The van der Waals surface area contributed by atoms with Gasteiger partial charge in [-0.3, -0.25) is 4.98 Å². The van der Waals surface area contributed by atoms with Gasteiger partial charge < -0.3 is 4.74 Å². The van der Waals surface area contributed by atoms with Gasteiger partial charge in [0.05, 0.1) is 28.8 Å². The first-order valence-corrected chi connectivity index (χ1v) is 8.98. The third kappa shape index (κ3) is 3.63. The Morgan fingerprint density at radius 2 is 1.88 bits per heavy atom. The number of ether oxygens (including phenoxy) is 1. The van der Waals surface area contributed by atoms with Crippen molar-refractivity contribution in [2.45, 2.75) is 24.8 Å². The number of esters is 1. The second-order valence-electron chi connectivity index (χ2n) is 5.17. The van der Waals surface area contributed by atoms with E-state index in [1.165, 1.54) is 23.5 Å². The molecule has 2 aromatic rings. The van der Waals surface area contributed by atoms with Crippen LogP contribution < -0.4 is 0 Å². The summed E-state index contributed by atoms with van der Waals surface area (Å²) in [6, 6.07) is 10.9. The molecule has 0 fully saturated rings. The summed E-state index contributed by atoms with van der Waals surface area (Å²) < 4.78 is 32.1. The number of pyridine rings is 1. The number of rotatable bonds is 6. The van der Waals surface area contributed by atoms with E-state index in [4.69, 9.17) is 4.74 Å². The lowest BCUT2D eigenvalue weighted by atomic mass is 10.2. The highest BCUT2D eigenvalue weighted by atomic mass is 32.2. The molecule has 128 valence electrons. The van der Waals surface area contributed by atoms with Crippen LogP contribution in [-0.2, 0) is 14.8 Å². The van der Waals surface area contributed by atoms with Crippen LogP contribution in [0.4, 0.5) is 0 Å². The van der Waals surface area contributed by atoms with Crippen LogP contribution in [0.25, 0.3) is 0 Å². The molecule has 6 nitrogen and oxygen atoms in total. The maximum Gasteiger partial charge on any atom is 0.339 e. The van der Waals surface area contributed by atoms with E-state index in [9.17, 15) is 13.2 Å². The molecule has 0 amide bonds. The quantitative estimate of drug-likeness (QED) is 0.750. The zero-order valence-electron chi connectivity index (χ0n) is 13.8. The number of hydrogen-bond acceptors (Lipinski definition) is 5. The van der Waals surface area contributed by atoms with Crippen molar-refractivity contribution in [3.63, 3.8) is 0 Å². The van der Waals surface area contributed by atoms with Crippen molar-refractivity contribution in [3.05, 3.63) is 59.9 Å². The van der Waals surface area contributed by atoms with Crippen molar-refractivity contribution >= 4 is 16.0 Å². The Kier molecular flexibility index (Phi) is 5.69. The van der Waals surface area contributed by atoms with E-state index in [0.717, 1.165) is 0 Å². The number of benzene rings is 1. The molecule has 1 atom stereocenters. The summed E-state index contributed by atoms with van der Waals surface area (Å²) in [5.41, 5.74) is 0.650. The van der Waals surface area contributed by atoms with Crippen LogP contribution in [0.2, 0.25) is 0 Å². The molecule has 24 heavy (non-hydrogen) atoms. The standard InChI is InChI=1S/C17H20N2O4S/c1-4-23-17(20)14-9-5-6-11-16(14)24(21,22)19(3)13(2)15-10-7-8-12-18-15/h5-13H,4H2,1-3H3. The predicted molar refractivity (Wildman–Crippen MR) is 90.0 cm³/mol. The van der Waals surface area contributed by atoms with Gasteiger partial charge in [-0.25, -0.2) is 13.2 Å². The van der Waals surface area contributed by atoms with Crippen LogP contribution in [0.5, 0.6) is 0 Å². The van der Waals surface area contributed by atoms with Crippen molar-refractivity contribution in [2.24, 2.45) is 0 Å². The summed E-state index contributed by atoms with van der Waals surface area (Å²) in [6.45, 7) is 3.59. The third-order valence-electron chi connectivity index (χ3n) is 3.70. The first kappa shape index (κ1) is 18.1. The molecule has 0 aliphatic heterocycles. The fourth-order valence-electron chi connectivity index (χ4n) is 2.24. The number of aromatic nitrogens is 1. The van der Waals surface area contributed by atoms with Gasteiger partial charge in [0.2, 0.25) is 10.0 Å². The third-order valence-corrected chi connectivity index (χ3v) is 5.69. The Morgan fingerprint density at radius 1 is 1.21 bits per heavy atom. The van der Waals surface area contributed by atoms with E-state index >= 15 is 0 Å². The van der Waals surface area contributed by atoms with Crippen LogP contribution >= 0.6 is 0 Å². The maximum absolute atomic E-state index is 13.0. The Hall–Kier alpha value is -2.25. The molecule has 0 saturated heterocycles. The second-order valence-corrected chi connectivity index (χ2v) is 7.13. The molecule has 0 aliphatic carbocycles. The minimum atomic E-state index is -3.89. The summed E-state index contributed by atoms with van der Waals surface area (Å²) in [7, 11) is -2.42. The average Bonchev–Trinajstić information content (AvgIpc) is 2.61. The first-order chi connectivity index (χ1) is 11.4. The van der Waals surface area contributed by atoms with Crippen molar-refractivity contribution in [3.8, 4) is 0 Å². The van der Waals surface area contributed by atoms with E-state index in [0.29, 0.717) is 5.69 Å². The molecule has 1 aromatic carbocycles. The first-order valence-electron chi connectivity index (χ1n) is 7.54. The van der Waals surface area contributed by atoms with Gasteiger partial charge in [0.15, 0.2) is 0 Å². The Bertz CT molecular complexity index is 806. The predicted octanol–water partition coefficient (Wildman–Crippen LogP) is 2.64. The SMILES string of the molecule is CCOC(=O)c1ccccc1S(=O)(=O)N(C)C(C)c1ccccn1. The van der Waals surface area contributed by atoms with E-state index < -0.39 is 22.0 Å². The second kappa shape index (κ2) is 7.55. The van der Waals surface area contributed by atoms with Crippen LogP contribution in [-0.4, -0.2) is 37.3 Å². The van der Waals surface area contributed by atoms with Gasteiger partial charge in [-0.05, 0) is 38.1 Å². The van der Waals surface area contributed by atoms with Gasteiger partial charge in [0, 0.05) is 13.2 Å². The number of carbonyl (C=O) groups excluding carboxylic acids is 1. The largest absolute Gasteiger partial charge is 0.462 e. The summed E-state index contributed by atoms with van der Waals surface area (Å²) in [6.07, 6.45) is 1.61. The van der Waals surface area contributed by atoms with Gasteiger partial charge in [0.25, 0.3) is 0 Å². The minimum absolute atomic E-state index is 0.0272. The van der Waals surface area contributed by atoms with Crippen LogP contribution in [0.1, 0.15) is 35.9 Å². The van der Waals surface area contributed by atoms with Gasteiger partial charge in [-0.1, -0.05) is 18.2 Å². The van der Waals surface area contributed by atoms with Crippen LogP contribution in [0, 0.1) is 0 Å². The van der Waals surface area contributed by atoms with Crippen LogP contribution in [0.3, 0.4) is 0 Å². The fourth-order valence-corrected chi connectivity index (χ4v) is 3.76. The van der Waals surface area contributed by atoms with Crippen LogP contribution in [0.15, 0.2) is 53.6 Å². The smallest absolute Gasteiger partial charge is 0.339 e. The highest BCUT2D eigenvalue weighted by molar-refractivity contribution is 7.89. The van der Waals surface area contributed by atoms with Gasteiger partial charge in [-0.15, -0.1) is 0 Å². The molecule has 2 rings (SSSR count). The van der Waals surface area contributed by atoms with Crippen molar-refractivity contribution in [1.82, 2.24) is 9.29 Å². The monoisotopic (exact) mass is 348 g/mol. The molecule has 1 unspecified atom stereocenters. The lowest BCUT2D eigenvalue weighted by Gasteiger charge is -2.24. The van der Waals surface area contributed by atoms with Crippen molar-refractivity contribution in [2.75, 3.05) is 13.7 Å². The normalized spacial score (nSPS) is 12.8. The summed E-state index contributed by atoms with van der Waals surface area (Å²) >= 11 is 0. The van der Waals surface area contributed by atoms with E-state index in [1.807, 2.05) is 0 Å². The molecule has 7 heteroatoms. The van der Waals surface area contributed by atoms with Crippen molar-refractivity contribution < 1.29 is 17.9 Å². The fraction of sp³-hybridized carbons (Fsp3) is 0.294. The number of sulfonamides is 1. The Morgan fingerprint density at radius 3 is 2.50 bits per heavy atom. The minimum Gasteiger partial charge on any atom is -0.462 e. The van der Waals surface area contributed by atoms with E-state index in [2.05, 4.69) is 4.98 Å². The molecule has 1 aromatic heterocycles. The molecule has 1 heterocycles. The van der Waals surface area contributed by atoms with E-state index in [1.54, 1.807) is 50.4 Å². The lowest BCUT2D eigenvalue weighted by molar-refractivity contribution is 0.0521. The van der Waals surface area contributed by atoms with E-state index in [-0.39, 0.29) is 17.1 Å². The molecular formula is C17H20N2O4S. The zero-order valence-corrected chi connectivity index (χ0v) is 14.7. The molecule has 0 spiro atoms. The summed E-state index contributed by atoms with van der Waals surface area (Å²) in [5.74, 6) is -0.657. The molecule has 0 saturated carbocycles. The number of hydrogen-bond donors (Lipinski definition) is 0. The highest BCUT2D eigenvalue weighted by Gasteiger charge is 2.30. The average molecular weight is 348 g/mol. The topological polar surface area (TPSA) is 76.6 Å². The molecule has 0 radical (unpaired) electrons. The highest BCUT2D eigenvalue weighted by Crippen LogP contribution is 2.26. The number of carbonyl (C=O) groups is 1. The van der Waals surface area contributed by atoms with Gasteiger partial charge >= 0.3 is 5.97 Å². The summed E-state index contributed by atoms with van der Waals surface area (Å²) in [4.78, 5) is 16.2. The molecule has 0 aliphatic rings. The van der Waals surface area contributed by atoms with Gasteiger partial charge in [0.1, 0.15) is 0 Å². The molecule has 0 bridgehead atoms. The lowest BCUT2D eigenvalue weighted by Crippen LogP contribution is -2.31. The summed E-state index contributed by atoms with van der Waals surface area (Å²) in [5, 5.41) is 0.